The highest BCUT2D eigenvalue weighted by Crippen LogP contribution is 2.25. The Hall–Kier alpha value is -2.69. The first-order valence-corrected chi connectivity index (χ1v) is 6.16. The highest BCUT2D eigenvalue weighted by atomic mass is 16.5. The molecule has 0 aliphatic rings. The van der Waals surface area contributed by atoms with Gasteiger partial charge in [0.1, 0.15) is 0 Å². The van der Waals surface area contributed by atoms with E-state index in [0.717, 1.165) is 5.56 Å². The molecule has 5 nitrogen and oxygen atoms in total. The van der Waals surface area contributed by atoms with Gasteiger partial charge in [-0.25, -0.2) is 4.79 Å². The van der Waals surface area contributed by atoms with Crippen LogP contribution in [0.1, 0.15) is 11.6 Å². The summed E-state index contributed by atoms with van der Waals surface area (Å²) in [6.45, 7) is 0. The lowest BCUT2D eigenvalue weighted by Gasteiger charge is -2.18. The number of ether oxygens (including phenoxy) is 1. The van der Waals surface area contributed by atoms with Crippen molar-refractivity contribution in [1.82, 2.24) is 0 Å². The van der Waals surface area contributed by atoms with E-state index in [1.165, 1.54) is 7.11 Å². The van der Waals surface area contributed by atoms with Gasteiger partial charge in [0.25, 0.3) is 0 Å². The summed E-state index contributed by atoms with van der Waals surface area (Å²) in [6, 6.07) is 13.9. The van der Waals surface area contributed by atoms with Gasteiger partial charge in [0.15, 0.2) is 6.04 Å². The lowest BCUT2D eigenvalue weighted by molar-refractivity contribution is -0.141. The van der Waals surface area contributed by atoms with E-state index in [-0.39, 0.29) is 5.97 Å². The third kappa shape index (κ3) is 3.00. The first kappa shape index (κ1) is 13.7. The summed E-state index contributed by atoms with van der Waals surface area (Å²) in [6.07, 6.45) is 0. The second-order valence-corrected chi connectivity index (χ2v) is 4.35. The maximum Gasteiger partial charge on any atom is 0.332 e. The molecule has 5 heteroatoms. The van der Waals surface area contributed by atoms with Crippen molar-refractivity contribution in [3.63, 3.8) is 0 Å². The van der Waals surface area contributed by atoms with Crippen LogP contribution in [0.3, 0.4) is 0 Å². The highest BCUT2D eigenvalue weighted by molar-refractivity contribution is 5.82. The van der Waals surface area contributed by atoms with Crippen molar-refractivity contribution in [2.45, 2.75) is 6.04 Å². The molecule has 0 fully saturated rings. The van der Waals surface area contributed by atoms with E-state index in [9.17, 15) is 4.79 Å². The van der Waals surface area contributed by atoms with Crippen LogP contribution in [-0.2, 0) is 9.53 Å². The van der Waals surface area contributed by atoms with E-state index >= 15 is 0 Å². The van der Waals surface area contributed by atoms with Crippen LogP contribution in [0, 0.1) is 0 Å². The van der Waals surface area contributed by atoms with Crippen LogP contribution in [-0.4, -0.2) is 13.1 Å². The number of hydrogen-bond acceptors (Lipinski definition) is 5. The number of methoxy groups -OCH3 is 1. The van der Waals surface area contributed by atoms with Gasteiger partial charge in [0, 0.05) is 5.69 Å². The normalized spacial score (nSPS) is 11.7. The number of nitrogen functional groups attached to an aromatic ring is 2. The van der Waals surface area contributed by atoms with Gasteiger partial charge >= 0.3 is 5.97 Å². The van der Waals surface area contributed by atoms with Gasteiger partial charge in [-0.3, -0.25) is 0 Å². The Kier molecular flexibility index (Phi) is 4.10. The minimum atomic E-state index is -0.593. The molecule has 0 aliphatic carbocycles. The predicted molar refractivity (Wildman–Crippen MR) is 80.1 cm³/mol. The van der Waals surface area contributed by atoms with Gasteiger partial charge in [-0.2, -0.15) is 0 Å². The standard InChI is InChI=1S/C15H17N3O2/c1-20-15(19)14(10-5-3-2-4-6-10)18-11-7-8-12(16)13(17)9-11/h2-9,14,18H,16-17H2,1H3. The first-order chi connectivity index (χ1) is 9.61. The molecule has 0 aliphatic heterocycles. The summed E-state index contributed by atoms with van der Waals surface area (Å²) in [4.78, 5) is 11.9. The highest BCUT2D eigenvalue weighted by Gasteiger charge is 2.21. The molecular formula is C15H17N3O2. The monoisotopic (exact) mass is 271 g/mol. The second kappa shape index (κ2) is 5.97. The number of benzene rings is 2. The predicted octanol–water partition coefficient (Wildman–Crippen LogP) is 2.18. The lowest BCUT2D eigenvalue weighted by Crippen LogP contribution is -2.22. The van der Waals surface area contributed by atoms with Gasteiger partial charge in [-0.05, 0) is 23.8 Å². The summed E-state index contributed by atoms with van der Waals surface area (Å²) in [5.74, 6) is -0.369. The largest absolute Gasteiger partial charge is 0.467 e. The van der Waals surface area contributed by atoms with Crippen molar-refractivity contribution in [3.05, 3.63) is 54.1 Å². The summed E-state index contributed by atoms with van der Waals surface area (Å²) >= 11 is 0. The third-order valence-corrected chi connectivity index (χ3v) is 2.97. The van der Waals surface area contributed by atoms with E-state index < -0.39 is 6.04 Å². The summed E-state index contributed by atoms with van der Waals surface area (Å²) in [5, 5.41) is 3.10. The van der Waals surface area contributed by atoms with Gasteiger partial charge in [-0.15, -0.1) is 0 Å². The van der Waals surface area contributed by atoms with Crippen molar-refractivity contribution in [2.75, 3.05) is 23.9 Å². The maximum absolute atomic E-state index is 11.9. The molecule has 20 heavy (non-hydrogen) atoms. The Morgan fingerprint density at radius 2 is 1.80 bits per heavy atom. The quantitative estimate of drug-likeness (QED) is 0.585. The molecule has 5 N–H and O–H groups in total. The van der Waals surface area contributed by atoms with Crippen LogP contribution in [0.4, 0.5) is 17.1 Å². The lowest BCUT2D eigenvalue weighted by atomic mass is 10.1. The SMILES string of the molecule is COC(=O)C(Nc1ccc(N)c(N)c1)c1ccccc1. The Morgan fingerprint density at radius 1 is 1.10 bits per heavy atom. The molecule has 0 radical (unpaired) electrons. The third-order valence-electron chi connectivity index (χ3n) is 2.97. The molecular weight excluding hydrogens is 254 g/mol. The molecule has 0 heterocycles. The molecule has 1 atom stereocenters. The number of nitrogens with one attached hydrogen (secondary N) is 1. The van der Waals surface area contributed by atoms with Crippen LogP contribution >= 0.6 is 0 Å². The fraction of sp³-hybridized carbons (Fsp3) is 0.133. The van der Waals surface area contributed by atoms with Crippen LogP contribution < -0.4 is 16.8 Å². The molecule has 2 aromatic carbocycles. The van der Waals surface area contributed by atoms with E-state index in [1.807, 2.05) is 30.3 Å². The number of nitrogens with two attached hydrogens (primary N) is 2. The zero-order valence-electron chi connectivity index (χ0n) is 11.2. The van der Waals surface area contributed by atoms with Gasteiger partial charge in [0.05, 0.1) is 18.5 Å². The number of rotatable bonds is 4. The van der Waals surface area contributed by atoms with Gasteiger partial charge in [0.2, 0.25) is 0 Å². The summed E-state index contributed by atoms with van der Waals surface area (Å²) < 4.78 is 4.84. The molecule has 0 bridgehead atoms. The maximum atomic E-state index is 11.9. The topological polar surface area (TPSA) is 90.4 Å². The van der Waals surface area contributed by atoms with Crippen molar-refractivity contribution in [2.24, 2.45) is 0 Å². The van der Waals surface area contributed by atoms with Crippen LogP contribution in [0.15, 0.2) is 48.5 Å². The molecule has 0 aromatic heterocycles. The fourth-order valence-electron chi connectivity index (χ4n) is 1.87. The molecule has 0 saturated heterocycles. The van der Waals surface area contributed by atoms with Gasteiger partial charge in [-0.1, -0.05) is 30.3 Å². The van der Waals surface area contributed by atoms with E-state index in [0.29, 0.717) is 17.1 Å². The Morgan fingerprint density at radius 3 is 2.40 bits per heavy atom. The minimum Gasteiger partial charge on any atom is -0.467 e. The Balaban J connectivity index is 2.28. The number of esters is 1. The fourth-order valence-corrected chi connectivity index (χ4v) is 1.87. The average molecular weight is 271 g/mol. The van der Waals surface area contributed by atoms with Gasteiger partial charge < -0.3 is 21.5 Å². The Labute approximate surface area is 117 Å². The Bertz CT molecular complexity index is 599. The number of hydrogen-bond donors (Lipinski definition) is 3. The zero-order valence-corrected chi connectivity index (χ0v) is 11.2. The van der Waals surface area contributed by atoms with Crippen LogP contribution in [0.25, 0.3) is 0 Å². The average Bonchev–Trinajstić information content (AvgIpc) is 2.48. The number of carbonyl (C=O) groups excluding carboxylic acids is 1. The molecule has 0 amide bonds. The van der Waals surface area contributed by atoms with Crippen LogP contribution in [0.2, 0.25) is 0 Å². The minimum absolute atomic E-state index is 0.369. The van der Waals surface area contributed by atoms with Crippen molar-refractivity contribution < 1.29 is 9.53 Å². The molecule has 2 aromatic rings. The molecule has 2 rings (SSSR count). The summed E-state index contributed by atoms with van der Waals surface area (Å²) in [7, 11) is 1.36. The van der Waals surface area contributed by atoms with E-state index in [2.05, 4.69) is 5.32 Å². The number of anilines is 3. The van der Waals surface area contributed by atoms with E-state index in [1.54, 1.807) is 18.2 Å². The molecule has 1 unspecified atom stereocenters. The second-order valence-electron chi connectivity index (χ2n) is 4.35. The zero-order chi connectivity index (χ0) is 14.5. The smallest absolute Gasteiger partial charge is 0.332 e. The van der Waals surface area contributed by atoms with Crippen LogP contribution in [0.5, 0.6) is 0 Å². The first-order valence-electron chi connectivity index (χ1n) is 6.16. The van der Waals surface area contributed by atoms with E-state index in [4.69, 9.17) is 16.2 Å². The van der Waals surface area contributed by atoms with Crippen molar-refractivity contribution in [1.29, 1.82) is 0 Å². The summed E-state index contributed by atoms with van der Waals surface area (Å²) in [5.41, 5.74) is 13.9. The van der Waals surface area contributed by atoms with Crippen molar-refractivity contribution in [3.8, 4) is 0 Å². The van der Waals surface area contributed by atoms with Crippen molar-refractivity contribution >= 4 is 23.0 Å². The molecule has 104 valence electrons. The number of carbonyl (C=O) groups is 1. The molecule has 0 spiro atoms. The molecule has 0 saturated carbocycles.